The zero-order valence-corrected chi connectivity index (χ0v) is 13.1. The average molecular weight is 319 g/mol. The third kappa shape index (κ3) is 4.11. The molecule has 0 aliphatic carbocycles. The molecule has 1 aromatic heterocycles. The molecule has 122 valence electrons. The van der Waals surface area contributed by atoms with Crippen molar-refractivity contribution in [2.75, 3.05) is 7.11 Å². The van der Waals surface area contributed by atoms with Gasteiger partial charge in [-0.1, -0.05) is 6.07 Å². The molecule has 0 spiro atoms. The van der Waals surface area contributed by atoms with Gasteiger partial charge in [-0.3, -0.25) is 4.79 Å². The van der Waals surface area contributed by atoms with Crippen molar-refractivity contribution in [2.45, 2.75) is 25.9 Å². The number of carbonyl (C=O) groups is 2. The van der Waals surface area contributed by atoms with Crippen LogP contribution in [0.4, 0.5) is 0 Å². The van der Waals surface area contributed by atoms with E-state index in [0.717, 1.165) is 5.39 Å². The Hall–Kier alpha value is -2.32. The Balaban J connectivity index is 2.19. The number of methoxy groups -OCH3 is 1. The van der Waals surface area contributed by atoms with Crippen LogP contribution in [0.15, 0.2) is 24.3 Å². The van der Waals surface area contributed by atoms with Crippen LogP contribution >= 0.6 is 0 Å². The number of ether oxygens (including phenoxy) is 2. The van der Waals surface area contributed by atoms with Gasteiger partial charge in [-0.15, -0.1) is 0 Å². The second-order valence-corrected chi connectivity index (χ2v) is 5.80. The van der Waals surface area contributed by atoms with E-state index in [-0.39, 0.29) is 17.6 Å². The summed E-state index contributed by atoms with van der Waals surface area (Å²) in [5.41, 5.74) is 0.0996. The highest BCUT2D eigenvalue weighted by atomic mass is 16.6. The van der Waals surface area contributed by atoms with Crippen LogP contribution in [0.5, 0.6) is 0 Å². The maximum Gasteiger partial charge on any atom is 0.505 e. The van der Waals surface area contributed by atoms with Crippen molar-refractivity contribution in [3.05, 3.63) is 29.8 Å². The van der Waals surface area contributed by atoms with E-state index in [0.29, 0.717) is 5.52 Å². The fourth-order valence-corrected chi connectivity index (χ4v) is 2.18. The van der Waals surface area contributed by atoms with E-state index in [1.54, 1.807) is 38.1 Å². The van der Waals surface area contributed by atoms with E-state index in [2.05, 4.69) is 9.72 Å². The Morgan fingerprint density at radius 1 is 1.26 bits per heavy atom. The molecule has 0 unspecified atom stereocenters. The van der Waals surface area contributed by atoms with Gasteiger partial charge in [-0.05, 0) is 37.4 Å². The third-order valence-corrected chi connectivity index (χ3v) is 3.32. The smallest absolute Gasteiger partial charge is 0.469 e. The SMILES string of the molecule is COC(=O)CC(C)(C)OC(=O)c1ccc2cc(B(O)O)[nH]c2c1. The van der Waals surface area contributed by atoms with Gasteiger partial charge in [0.2, 0.25) is 0 Å². The number of esters is 2. The fourth-order valence-electron chi connectivity index (χ4n) is 2.18. The Labute approximate surface area is 133 Å². The van der Waals surface area contributed by atoms with Crippen molar-refractivity contribution in [1.82, 2.24) is 4.98 Å². The molecule has 1 heterocycles. The zero-order chi connectivity index (χ0) is 17.2. The van der Waals surface area contributed by atoms with E-state index < -0.39 is 24.7 Å². The second kappa shape index (κ2) is 6.43. The number of fused-ring (bicyclic) bond motifs is 1. The number of hydrogen-bond donors (Lipinski definition) is 3. The van der Waals surface area contributed by atoms with Gasteiger partial charge >= 0.3 is 19.1 Å². The minimum atomic E-state index is -1.61. The Bertz CT molecular complexity index is 737. The summed E-state index contributed by atoms with van der Waals surface area (Å²) in [5.74, 6) is -1.05. The number of aromatic nitrogens is 1. The quantitative estimate of drug-likeness (QED) is 0.542. The maximum atomic E-state index is 12.2. The molecule has 0 saturated carbocycles. The monoisotopic (exact) mass is 319 g/mol. The first-order chi connectivity index (χ1) is 10.7. The molecular weight excluding hydrogens is 301 g/mol. The van der Waals surface area contributed by atoms with Crippen LogP contribution in [-0.2, 0) is 14.3 Å². The van der Waals surface area contributed by atoms with Crippen LogP contribution in [0, 0.1) is 0 Å². The molecule has 3 N–H and O–H groups in total. The number of carbonyl (C=O) groups excluding carboxylic acids is 2. The highest BCUT2D eigenvalue weighted by Crippen LogP contribution is 2.20. The molecule has 0 radical (unpaired) electrons. The van der Waals surface area contributed by atoms with Gasteiger partial charge < -0.3 is 24.5 Å². The molecule has 0 aliphatic rings. The van der Waals surface area contributed by atoms with Crippen molar-refractivity contribution < 1.29 is 29.1 Å². The normalized spacial score (nSPS) is 11.3. The van der Waals surface area contributed by atoms with E-state index in [4.69, 9.17) is 14.8 Å². The molecular formula is C15H18BNO6. The lowest BCUT2D eigenvalue weighted by Crippen LogP contribution is -2.31. The van der Waals surface area contributed by atoms with Crippen LogP contribution < -0.4 is 5.59 Å². The van der Waals surface area contributed by atoms with Crippen molar-refractivity contribution >= 4 is 35.6 Å². The number of nitrogens with one attached hydrogen (secondary N) is 1. The minimum Gasteiger partial charge on any atom is -0.469 e. The first kappa shape index (κ1) is 17.0. The second-order valence-electron chi connectivity index (χ2n) is 5.80. The van der Waals surface area contributed by atoms with Crippen LogP contribution in [-0.4, -0.2) is 46.8 Å². The Morgan fingerprint density at radius 3 is 2.57 bits per heavy atom. The fraction of sp³-hybridized carbons (Fsp3) is 0.333. The Morgan fingerprint density at radius 2 is 1.96 bits per heavy atom. The summed E-state index contributed by atoms with van der Waals surface area (Å²) in [6.07, 6.45) is -0.0547. The van der Waals surface area contributed by atoms with Gasteiger partial charge in [0.25, 0.3) is 0 Å². The molecule has 2 aromatic rings. The van der Waals surface area contributed by atoms with Gasteiger partial charge in [0.15, 0.2) is 0 Å². The topological polar surface area (TPSA) is 109 Å². The lowest BCUT2D eigenvalue weighted by atomic mass is 9.86. The first-order valence-electron chi connectivity index (χ1n) is 7.01. The Kier molecular flexibility index (Phi) is 4.77. The summed E-state index contributed by atoms with van der Waals surface area (Å²) >= 11 is 0. The number of rotatable bonds is 5. The van der Waals surface area contributed by atoms with Crippen LogP contribution in [0.2, 0.25) is 0 Å². The van der Waals surface area contributed by atoms with E-state index in [1.807, 2.05) is 0 Å². The number of benzene rings is 1. The molecule has 2 rings (SSSR count). The summed E-state index contributed by atoms with van der Waals surface area (Å²) in [5, 5.41) is 19.0. The van der Waals surface area contributed by atoms with Gasteiger partial charge in [-0.2, -0.15) is 0 Å². The molecule has 0 fully saturated rings. The average Bonchev–Trinajstić information content (AvgIpc) is 2.89. The van der Waals surface area contributed by atoms with Crippen molar-refractivity contribution in [3.63, 3.8) is 0 Å². The van der Waals surface area contributed by atoms with Gasteiger partial charge in [0.05, 0.1) is 19.1 Å². The number of hydrogen-bond acceptors (Lipinski definition) is 6. The summed E-state index contributed by atoms with van der Waals surface area (Å²) in [7, 11) is -0.344. The summed E-state index contributed by atoms with van der Waals surface area (Å²) < 4.78 is 9.92. The highest BCUT2D eigenvalue weighted by molar-refractivity contribution is 6.58. The minimum absolute atomic E-state index is 0.0547. The summed E-state index contributed by atoms with van der Waals surface area (Å²) in [4.78, 5) is 26.4. The molecule has 0 aliphatic heterocycles. The lowest BCUT2D eigenvalue weighted by molar-refractivity contribution is -0.145. The predicted octanol–water partition coefficient (Wildman–Crippen LogP) is 0.346. The zero-order valence-electron chi connectivity index (χ0n) is 13.1. The molecule has 0 atom stereocenters. The van der Waals surface area contributed by atoms with Gasteiger partial charge in [-0.25, -0.2) is 4.79 Å². The largest absolute Gasteiger partial charge is 0.505 e. The first-order valence-corrected chi connectivity index (χ1v) is 7.01. The standard InChI is InChI=1S/C15H18BNO6/c1-15(2,8-13(18)22-3)23-14(19)10-5-4-9-7-12(16(20)21)17-11(9)6-10/h4-7,17,20-21H,8H2,1-3H3. The molecule has 23 heavy (non-hydrogen) atoms. The molecule has 7 nitrogen and oxygen atoms in total. The van der Waals surface area contributed by atoms with Crippen LogP contribution in [0.1, 0.15) is 30.6 Å². The van der Waals surface area contributed by atoms with E-state index >= 15 is 0 Å². The number of H-pyrrole nitrogens is 1. The van der Waals surface area contributed by atoms with E-state index in [9.17, 15) is 9.59 Å². The molecule has 1 aromatic carbocycles. The number of aromatic amines is 1. The van der Waals surface area contributed by atoms with Gasteiger partial charge in [0.1, 0.15) is 5.60 Å². The predicted molar refractivity (Wildman–Crippen MR) is 84.3 cm³/mol. The maximum absolute atomic E-state index is 12.2. The molecule has 8 heteroatoms. The van der Waals surface area contributed by atoms with Crippen molar-refractivity contribution in [3.8, 4) is 0 Å². The summed E-state index contributed by atoms with van der Waals surface area (Å²) in [6.45, 7) is 3.24. The lowest BCUT2D eigenvalue weighted by Gasteiger charge is -2.23. The van der Waals surface area contributed by atoms with E-state index in [1.165, 1.54) is 7.11 Å². The third-order valence-electron chi connectivity index (χ3n) is 3.32. The molecule has 0 bridgehead atoms. The summed E-state index contributed by atoms with van der Waals surface area (Å²) in [6, 6.07) is 6.37. The van der Waals surface area contributed by atoms with Crippen molar-refractivity contribution in [1.29, 1.82) is 0 Å². The molecule has 0 amide bonds. The van der Waals surface area contributed by atoms with Crippen molar-refractivity contribution in [2.24, 2.45) is 0 Å². The van der Waals surface area contributed by atoms with Gasteiger partial charge in [0, 0.05) is 11.1 Å². The highest BCUT2D eigenvalue weighted by Gasteiger charge is 2.27. The van der Waals surface area contributed by atoms with Crippen LogP contribution in [0.25, 0.3) is 10.9 Å². The molecule has 0 saturated heterocycles. The van der Waals surface area contributed by atoms with Crippen LogP contribution in [0.3, 0.4) is 0 Å².